The monoisotopic (exact) mass is 501 g/mol. The summed E-state index contributed by atoms with van der Waals surface area (Å²) in [6.07, 6.45) is 0. The lowest BCUT2D eigenvalue weighted by Crippen LogP contribution is -2.25. The third-order valence-electron chi connectivity index (χ3n) is 4.05. The number of benzene rings is 2. The van der Waals surface area contributed by atoms with E-state index in [0.717, 1.165) is 11.8 Å². The van der Waals surface area contributed by atoms with Gasteiger partial charge in [0.1, 0.15) is 5.82 Å². The number of carbonyl (C=O) groups excluding carboxylic acids is 2. The molecular weight excluding hydrogens is 488 g/mol. The lowest BCUT2D eigenvalue weighted by atomic mass is 10.2. The van der Waals surface area contributed by atoms with E-state index >= 15 is 0 Å². The summed E-state index contributed by atoms with van der Waals surface area (Å²) in [5.74, 6) is -1.07. The Morgan fingerprint density at radius 2 is 1.81 bits per heavy atom. The van der Waals surface area contributed by atoms with Crippen LogP contribution in [-0.2, 0) is 18.4 Å². The maximum atomic E-state index is 13.7. The van der Waals surface area contributed by atoms with E-state index in [-0.39, 0.29) is 39.5 Å². The highest BCUT2D eigenvalue weighted by atomic mass is 35.5. The molecular formula is C19H15Cl3FN5O2S. The largest absolute Gasteiger partial charge is 0.345 e. The standard InChI is InChI=1S/C19H15Cl3FN5O2S/c1-28-15(8-24-18(30)11-4-2-3-5-14(11)23)26-27-19(28)31-9-16(29)25-17-12(21)6-10(20)7-13(17)22/h2-7H,8-9H2,1H3,(H,24,30)(H,25,29). The Hall–Kier alpha value is -2.33. The van der Waals surface area contributed by atoms with E-state index in [1.54, 1.807) is 17.7 Å². The first-order valence-corrected chi connectivity index (χ1v) is 10.9. The summed E-state index contributed by atoms with van der Waals surface area (Å²) < 4.78 is 15.3. The second-order valence-corrected chi connectivity index (χ2v) is 8.39. The van der Waals surface area contributed by atoms with E-state index in [9.17, 15) is 14.0 Å². The quantitative estimate of drug-likeness (QED) is 0.462. The van der Waals surface area contributed by atoms with E-state index in [1.165, 1.54) is 30.3 Å². The Morgan fingerprint density at radius 1 is 1.13 bits per heavy atom. The minimum Gasteiger partial charge on any atom is -0.345 e. The topological polar surface area (TPSA) is 88.9 Å². The summed E-state index contributed by atoms with van der Waals surface area (Å²) in [6, 6.07) is 8.63. The van der Waals surface area contributed by atoms with Gasteiger partial charge in [-0.3, -0.25) is 9.59 Å². The first-order chi connectivity index (χ1) is 14.8. The fourth-order valence-electron chi connectivity index (χ4n) is 2.49. The van der Waals surface area contributed by atoms with Crippen molar-refractivity contribution in [3.8, 4) is 0 Å². The summed E-state index contributed by atoms with van der Waals surface area (Å²) in [5.41, 5.74) is 0.211. The van der Waals surface area contributed by atoms with Crippen molar-refractivity contribution in [1.82, 2.24) is 20.1 Å². The summed E-state index contributed by atoms with van der Waals surface area (Å²) in [7, 11) is 1.69. The number of anilines is 1. The molecule has 162 valence electrons. The molecule has 0 unspecified atom stereocenters. The molecule has 3 aromatic rings. The highest BCUT2D eigenvalue weighted by Crippen LogP contribution is 2.33. The number of hydrogen-bond donors (Lipinski definition) is 2. The van der Waals surface area contributed by atoms with Crippen molar-refractivity contribution in [2.24, 2.45) is 7.05 Å². The van der Waals surface area contributed by atoms with E-state index < -0.39 is 11.7 Å². The molecule has 0 fully saturated rings. The molecule has 0 aliphatic heterocycles. The van der Waals surface area contributed by atoms with Crippen molar-refractivity contribution >= 4 is 64.1 Å². The Labute approximate surface area is 196 Å². The smallest absolute Gasteiger partial charge is 0.254 e. The Morgan fingerprint density at radius 3 is 2.48 bits per heavy atom. The highest BCUT2D eigenvalue weighted by molar-refractivity contribution is 7.99. The first-order valence-electron chi connectivity index (χ1n) is 8.74. The molecule has 2 N–H and O–H groups in total. The average molecular weight is 503 g/mol. The first kappa shape index (κ1) is 23.3. The number of halogens is 4. The van der Waals surface area contributed by atoms with Crippen LogP contribution in [0.25, 0.3) is 0 Å². The van der Waals surface area contributed by atoms with Crippen molar-refractivity contribution in [2.75, 3.05) is 11.1 Å². The van der Waals surface area contributed by atoms with Crippen molar-refractivity contribution in [3.63, 3.8) is 0 Å². The fourth-order valence-corrected chi connectivity index (χ4v) is 4.13. The summed E-state index contributed by atoms with van der Waals surface area (Å²) in [5, 5.41) is 14.5. The van der Waals surface area contributed by atoms with Crippen LogP contribution in [0.3, 0.4) is 0 Å². The predicted octanol–water partition coefficient (Wildman–Crippen LogP) is 4.58. The van der Waals surface area contributed by atoms with Gasteiger partial charge in [-0.15, -0.1) is 10.2 Å². The van der Waals surface area contributed by atoms with Crippen LogP contribution >= 0.6 is 46.6 Å². The van der Waals surface area contributed by atoms with Gasteiger partial charge in [0.2, 0.25) is 5.91 Å². The highest BCUT2D eigenvalue weighted by Gasteiger charge is 2.16. The van der Waals surface area contributed by atoms with Crippen LogP contribution in [0.1, 0.15) is 16.2 Å². The van der Waals surface area contributed by atoms with E-state index in [0.29, 0.717) is 16.0 Å². The van der Waals surface area contributed by atoms with E-state index in [4.69, 9.17) is 34.8 Å². The number of carbonyl (C=O) groups is 2. The molecule has 0 radical (unpaired) electrons. The van der Waals surface area contributed by atoms with Crippen LogP contribution in [0.2, 0.25) is 15.1 Å². The maximum Gasteiger partial charge on any atom is 0.254 e. The van der Waals surface area contributed by atoms with Crippen LogP contribution in [0.15, 0.2) is 41.6 Å². The van der Waals surface area contributed by atoms with Gasteiger partial charge in [-0.05, 0) is 24.3 Å². The molecule has 3 rings (SSSR count). The number of rotatable bonds is 7. The molecule has 1 aromatic heterocycles. The van der Waals surface area contributed by atoms with Gasteiger partial charge < -0.3 is 15.2 Å². The molecule has 2 amide bonds. The van der Waals surface area contributed by atoms with Gasteiger partial charge >= 0.3 is 0 Å². The zero-order valence-corrected chi connectivity index (χ0v) is 19.0. The van der Waals surface area contributed by atoms with Gasteiger partial charge in [0.15, 0.2) is 11.0 Å². The molecule has 0 atom stereocenters. The second-order valence-electron chi connectivity index (χ2n) is 6.20. The van der Waals surface area contributed by atoms with Crippen molar-refractivity contribution in [2.45, 2.75) is 11.7 Å². The number of aromatic nitrogens is 3. The minimum atomic E-state index is -0.610. The van der Waals surface area contributed by atoms with Crippen LogP contribution in [0.5, 0.6) is 0 Å². The maximum absolute atomic E-state index is 13.7. The lowest BCUT2D eigenvalue weighted by Gasteiger charge is -2.10. The van der Waals surface area contributed by atoms with Crippen LogP contribution in [0, 0.1) is 5.82 Å². The molecule has 12 heteroatoms. The molecule has 7 nitrogen and oxygen atoms in total. The molecule has 0 bridgehead atoms. The summed E-state index contributed by atoms with van der Waals surface area (Å²) in [4.78, 5) is 24.4. The second kappa shape index (κ2) is 10.3. The predicted molar refractivity (Wildman–Crippen MR) is 119 cm³/mol. The fraction of sp³-hybridized carbons (Fsp3) is 0.158. The van der Waals surface area contributed by atoms with E-state index in [1.807, 2.05) is 0 Å². The molecule has 31 heavy (non-hydrogen) atoms. The summed E-state index contributed by atoms with van der Waals surface area (Å²) in [6.45, 7) is 0.0411. The molecule has 1 heterocycles. The van der Waals surface area contributed by atoms with Gasteiger partial charge in [0.25, 0.3) is 5.91 Å². The van der Waals surface area contributed by atoms with Crippen molar-refractivity contribution < 1.29 is 14.0 Å². The molecule has 0 saturated heterocycles. The zero-order valence-electron chi connectivity index (χ0n) is 16.0. The number of thioether (sulfide) groups is 1. The third-order valence-corrected chi connectivity index (χ3v) is 5.89. The Balaban J connectivity index is 1.56. The molecule has 0 spiro atoms. The summed E-state index contributed by atoms with van der Waals surface area (Å²) >= 11 is 19.1. The lowest BCUT2D eigenvalue weighted by molar-refractivity contribution is -0.113. The minimum absolute atomic E-state index is 0.0167. The van der Waals surface area contributed by atoms with Gasteiger partial charge in [0, 0.05) is 12.1 Å². The van der Waals surface area contributed by atoms with Crippen molar-refractivity contribution in [1.29, 1.82) is 0 Å². The van der Waals surface area contributed by atoms with Crippen LogP contribution in [0.4, 0.5) is 10.1 Å². The normalized spacial score (nSPS) is 10.7. The van der Waals surface area contributed by atoms with Crippen LogP contribution < -0.4 is 10.6 Å². The number of hydrogen-bond acceptors (Lipinski definition) is 5. The molecule has 0 aliphatic rings. The average Bonchev–Trinajstić information content (AvgIpc) is 3.07. The Kier molecular flexibility index (Phi) is 7.77. The number of amides is 2. The third kappa shape index (κ3) is 5.88. The molecule has 0 saturated carbocycles. The SMILES string of the molecule is Cn1c(CNC(=O)c2ccccc2F)nnc1SCC(=O)Nc1c(Cl)cc(Cl)cc1Cl. The molecule has 0 aliphatic carbocycles. The van der Waals surface area contributed by atoms with Gasteiger partial charge in [0.05, 0.1) is 33.6 Å². The number of nitrogens with zero attached hydrogens (tertiary/aromatic N) is 3. The van der Waals surface area contributed by atoms with Crippen molar-refractivity contribution in [3.05, 3.63) is 68.7 Å². The zero-order chi connectivity index (χ0) is 22.5. The van der Waals surface area contributed by atoms with Gasteiger partial charge in [-0.1, -0.05) is 58.7 Å². The number of nitrogens with one attached hydrogen (secondary N) is 2. The van der Waals surface area contributed by atoms with Crippen LogP contribution in [-0.4, -0.2) is 32.3 Å². The van der Waals surface area contributed by atoms with Gasteiger partial charge in [-0.2, -0.15) is 0 Å². The van der Waals surface area contributed by atoms with Gasteiger partial charge in [-0.25, -0.2) is 4.39 Å². The Bertz CT molecular complexity index is 1120. The molecule has 2 aromatic carbocycles. The van der Waals surface area contributed by atoms with E-state index in [2.05, 4.69) is 20.8 Å².